The first-order valence-electron chi connectivity index (χ1n) is 8.79. The van der Waals surface area contributed by atoms with E-state index < -0.39 is 0 Å². The van der Waals surface area contributed by atoms with E-state index in [0.29, 0.717) is 6.54 Å². The van der Waals surface area contributed by atoms with Gasteiger partial charge in [-0.25, -0.2) is 0 Å². The fourth-order valence-electron chi connectivity index (χ4n) is 2.40. The van der Waals surface area contributed by atoms with Crippen molar-refractivity contribution in [1.82, 2.24) is 15.5 Å². The van der Waals surface area contributed by atoms with E-state index >= 15 is 0 Å². The van der Waals surface area contributed by atoms with Crippen LogP contribution < -0.4 is 10.6 Å². The molecule has 2 N–H and O–H groups in total. The van der Waals surface area contributed by atoms with Crippen LogP contribution >= 0.6 is 34.4 Å². The van der Waals surface area contributed by atoms with Crippen LogP contribution in [0.3, 0.4) is 0 Å². The molecule has 8 heteroatoms. The fourth-order valence-corrected chi connectivity index (χ4v) is 5.05. The number of thiophene rings is 1. The van der Waals surface area contributed by atoms with Crippen LogP contribution in [0.25, 0.3) is 0 Å². The lowest BCUT2D eigenvalue weighted by Gasteiger charge is -2.10. The number of carbonyl (C=O) groups is 1. The molecular weight excluding hydrogens is 396 g/mol. The number of anilines is 1. The number of hydrogen-bond acceptors (Lipinski definition) is 7. The minimum Gasteiger partial charge on any atom is -0.360 e. The Bertz CT molecular complexity index is 821. The van der Waals surface area contributed by atoms with Crippen LogP contribution in [0.5, 0.6) is 0 Å². The topological polar surface area (TPSA) is 66.9 Å². The predicted molar refractivity (Wildman–Crippen MR) is 115 cm³/mol. The molecule has 0 aliphatic rings. The SMILES string of the molecule is CC(Sc1nnc(NCCc2cccs2)s1)C(=O)NCCc1ccccc1. The zero-order chi connectivity index (χ0) is 18.9. The summed E-state index contributed by atoms with van der Waals surface area (Å²) in [6, 6.07) is 14.3. The van der Waals surface area contributed by atoms with Crippen molar-refractivity contribution < 1.29 is 4.79 Å². The van der Waals surface area contributed by atoms with Gasteiger partial charge in [0.05, 0.1) is 5.25 Å². The summed E-state index contributed by atoms with van der Waals surface area (Å²) in [6.07, 6.45) is 1.81. The Morgan fingerprint density at radius 1 is 1.11 bits per heavy atom. The van der Waals surface area contributed by atoms with Crippen molar-refractivity contribution in [1.29, 1.82) is 0 Å². The standard InChI is InChI=1S/C19H22N4OS3/c1-14(17(24)20-11-9-15-6-3-2-4-7-15)26-19-23-22-18(27-19)21-12-10-16-8-5-13-25-16/h2-8,13-14H,9-12H2,1H3,(H,20,24)(H,21,22). The Hall–Kier alpha value is -1.90. The molecule has 1 atom stereocenters. The van der Waals surface area contributed by atoms with E-state index in [9.17, 15) is 4.79 Å². The zero-order valence-corrected chi connectivity index (χ0v) is 17.5. The molecule has 0 aliphatic carbocycles. The minimum atomic E-state index is -0.201. The van der Waals surface area contributed by atoms with Crippen molar-refractivity contribution in [2.24, 2.45) is 0 Å². The van der Waals surface area contributed by atoms with Crippen LogP contribution in [0, 0.1) is 0 Å². The van der Waals surface area contributed by atoms with Crippen LogP contribution in [-0.2, 0) is 17.6 Å². The highest BCUT2D eigenvalue weighted by atomic mass is 32.2. The van der Waals surface area contributed by atoms with E-state index in [0.717, 1.165) is 28.9 Å². The summed E-state index contributed by atoms with van der Waals surface area (Å²) < 4.78 is 0.805. The summed E-state index contributed by atoms with van der Waals surface area (Å²) in [4.78, 5) is 13.6. The largest absolute Gasteiger partial charge is 0.360 e. The van der Waals surface area contributed by atoms with Crippen LogP contribution in [-0.4, -0.2) is 34.4 Å². The van der Waals surface area contributed by atoms with Crippen molar-refractivity contribution in [3.63, 3.8) is 0 Å². The molecule has 0 radical (unpaired) electrons. The average molecular weight is 419 g/mol. The van der Waals surface area contributed by atoms with Crippen molar-refractivity contribution in [3.8, 4) is 0 Å². The van der Waals surface area contributed by atoms with Gasteiger partial charge in [0.2, 0.25) is 11.0 Å². The van der Waals surface area contributed by atoms with Gasteiger partial charge in [0.15, 0.2) is 4.34 Å². The summed E-state index contributed by atoms with van der Waals surface area (Å²) in [5.74, 6) is 0.0262. The lowest BCUT2D eigenvalue weighted by atomic mass is 10.1. The summed E-state index contributed by atoms with van der Waals surface area (Å²) in [7, 11) is 0. The maximum atomic E-state index is 12.3. The van der Waals surface area contributed by atoms with E-state index in [1.807, 2.05) is 25.1 Å². The third-order valence-electron chi connectivity index (χ3n) is 3.84. The molecule has 142 valence electrons. The van der Waals surface area contributed by atoms with Crippen LogP contribution in [0.15, 0.2) is 52.2 Å². The van der Waals surface area contributed by atoms with Gasteiger partial charge in [0.25, 0.3) is 0 Å². The second-order valence-corrected chi connectivity index (χ2v) is 9.51. The minimum absolute atomic E-state index is 0.0262. The molecular formula is C19H22N4OS3. The van der Waals surface area contributed by atoms with E-state index in [1.165, 1.54) is 33.5 Å². The number of amides is 1. The second kappa shape index (κ2) is 10.4. The molecule has 0 saturated carbocycles. The van der Waals surface area contributed by atoms with Crippen molar-refractivity contribution in [3.05, 3.63) is 58.3 Å². The Morgan fingerprint density at radius 3 is 2.74 bits per heavy atom. The van der Waals surface area contributed by atoms with Crippen LogP contribution in [0.4, 0.5) is 5.13 Å². The highest BCUT2D eigenvalue weighted by Crippen LogP contribution is 2.28. The summed E-state index contributed by atoms with van der Waals surface area (Å²) in [6.45, 7) is 3.36. The first-order valence-corrected chi connectivity index (χ1v) is 11.4. The molecule has 2 heterocycles. The zero-order valence-electron chi connectivity index (χ0n) is 15.1. The lowest BCUT2D eigenvalue weighted by Crippen LogP contribution is -2.32. The van der Waals surface area contributed by atoms with Crippen molar-refractivity contribution >= 4 is 45.5 Å². The lowest BCUT2D eigenvalue weighted by molar-refractivity contribution is -0.120. The third-order valence-corrected chi connectivity index (χ3v) is 6.84. The molecule has 5 nitrogen and oxygen atoms in total. The normalized spacial score (nSPS) is 11.9. The monoisotopic (exact) mass is 418 g/mol. The van der Waals surface area contributed by atoms with E-state index in [2.05, 4.69) is 50.5 Å². The number of hydrogen-bond donors (Lipinski definition) is 2. The van der Waals surface area contributed by atoms with Crippen LogP contribution in [0.2, 0.25) is 0 Å². The highest BCUT2D eigenvalue weighted by Gasteiger charge is 2.16. The van der Waals surface area contributed by atoms with E-state index in [1.54, 1.807) is 11.3 Å². The number of nitrogens with zero attached hydrogens (tertiary/aromatic N) is 2. The second-order valence-electron chi connectivity index (χ2n) is 5.92. The maximum Gasteiger partial charge on any atom is 0.233 e. The van der Waals surface area contributed by atoms with Gasteiger partial charge >= 0.3 is 0 Å². The van der Waals surface area contributed by atoms with Crippen molar-refractivity contribution in [2.45, 2.75) is 29.4 Å². The first-order chi connectivity index (χ1) is 13.2. The molecule has 0 bridgehead atoms. The number of thioether (sulfide) groups is 1. The molecule has 1 aromatic carbocycles. The van der Waals surface area contributed by atoms with Gasteiger partial charge in [-0.2, -0.15) is 0 Å². The molecule has 3 rings (SSSR count). The van der Waals surface area contributed by atoms with Crippen LogP contribution in [0.1, 0.15) is 17.4 Å². The predicted octanol–water partition coefficient (Wildman–Crippen LogP) is 4.09. The van der Waals surface area contributed by atoms with Gasteiger partial charge in [0.1, 0.15) is 0 Å². The number of aromatic nitrogens is 2. The van der Waals surface area contributed by atoms with Gasteiger partial charge < -0.3 is 10.6 Å². The smallest absolute Gasteiger partial charge is 0.233 e. The third kappa shape index (κ3) is 6.64. The Balaban J connectivity index is 1.37. The number of carbonyl (C=O) groups excluding carboxylic acids is 1. The Labute approximate surface area is 171 Å². The molecule has 0 aliphatic heterocycles. The average Bonchev–Trinajstić information content (AvgIpc) is 3.35. The summed E-state index contributed by atoms with van der Waals surface area (Å²) in [5, 5.41) is 17.3. The molecule has 0 saturated heterocycles. The molecule has 27 heavy (non-hydrogen) atoms. The highest BCUT2D eigenvalue weighted by molar-refractivity contribution is 8.02. The van der Waals surface area contributed by atoms with E-state index in [4.69, 9.17) is 0 Å². The first kappa shape index (κ1) is 19.9. The Morgan fingerprint density at radius 2 is 1.96 bits per heavy atom. The molecule has 3 aromatic rings. The number of benzene rings is 1. The summed E-state index contributed by atoms with van der Waals surface area (Å²) in [5.41, 5.74) is 1.22. The molecule has 0 fully saturated rings. The van der Waals surface area contributed by atoms with Crippen molar-refractivity contribution in [2.75, 3.05) is 18.4 Å². The van der Waals surface area contributed by atoms with Gasteiger partial charge in [-0.3, -0.25) is 4.79 Å². The van der Waals surface area contributed by atoms with Gasteiger partial charge in [-0.1, -0.05) is 59.5 Å². The van der Waals surface area contributed by atoms with Gasteiger partial charge in [0, 0.05) is 18.0 Å². The summed E-state index contributed by atoms with van der Waals surface area (Å²) >= 11 is 4.69. The van der Waals surface area contributed by atoms with Gasteiger partial charge in [-0.15, -0.1) is 21.5 Å². The Kier molecular flexibility index (Phi) is 7.67. The molecule has 1 unspecified atom stereocenters. The van der Waals surface area contributed by atoms with E-state index in [-0.39, 0.29) is 11.2 Å². The quantitative estimate of drug-likeness (QED) is 0.485. The van der Waals surface area contributed by atoms with Gasteiger partial charge in [-0.05, 0) is 36.8 Å². The number of rotatable bonds is 10. The molecule has 2 aromatic heterocycles. The number of nitrogens with one attached hydrogen (secondary N) is 2. The molecule has 1 amide bonds. The molecule has 0 spiro atoms. The fraction of sp³-hybridized carbons (Fsp3) is 0.316. The maximum absolute atomic E-state index is 12.3.